The van der Waals surface area contributed by atoms with Crippen LogP contribution in [0.25, 0.3) is 0 Å². The predicted molar refractivity (Wildman–Crippen MR) is 85.9 cm³/mol. The molecular weight excluding hydrogens is 340 g/mol. The Morgan fingerprint density at radius 2 is 2.13 bits per heavy atom. The Kier molecular flexibility index (Phi) is 5.43. The van der Waals surface area contributed by atoms with Gasteiger partial charge in [-0.1, -0.05) is 0 Å². The Morgan fingerprint density at radius 1 is 1.43 bits per heavy atom. The van der Waals surface area contributed by atoms with Crippen LogP contribution in [0.3, 0.4) is 0 Å². The van der Waals surface area contributed by atoms with Crippen molar-refractivity contribution in [1.82, 2.24) is 9.21 Å². The molecule has 1 aliphatic heterocycles. The lowest BCUT2D eigenvalue weighted by Gasteiger charge is -2.26. The summed E-state index contributed by atoms with van der Waals surface area (Å²) in [5.41, 5.74) is 0. The number of thiophene rings is 1. The average Bonchev–Trinajstić information content (AvgIpc) is 3.12. The molecule has 1 aromatic heterocycles. The van der Waals surface area contributed by atoms with Crippen LogP contribution in [0.1, 0.15) is 24.1 Å². The minimum atomic E-state index is -3.69. The molecule has 1 unspecified atom stereocenters. The number of hydrogen-bond donors (Lipinski definition) is 1. The second kappa shape index (κ2) is 6.98. The highest BCUT2D eigenvalue weighted by atomic mass is 32.2. The first-order valence-corrected chi connectivity index (χ1v) is 9.54. The number of aryl methyl sites for hydroxylation is 1. The highest BCUT2D eigenvalue weighted by Gasteiger charge is 2.41. The molecule has 23 heavy (non-hydrogen) atoms. The molecule has 1 fully saturated rings. The first-order valence-electron chi connectivity index (χ1n) is 7.28. The SMILES string of the molecule is Cc1ccc(S(=O)(=O)N2CCCC2C(=O)N(C)CCC(=O)O)s1. The monoisotopic (exact) mass is 360 g/mol. The minimum absolute atomic E-state index is 0.0661. The van der Waals surface area contributed by atoms with Gasteiger partial charge < -0.3 is 10.0 Å². The average molecular weight is 360 g/mol. The van der Waals surface area contributed by atoms with Gasteiger partial charge >= 0.3 is 5.97 Å². The molecule has 2 rings (SSSR count). The number of sulfonamides is 1. The molecule has 7 nitrogen and oxygen atoms in total. The van der Waals surface area contributed by atoms with Crippen LogP contribution in [0.15, 0.2) is 16.3 Å². The maximum Gasteiger partial charge on any atom is 0.305 e. The molecule has 1 aromatic rings. The fraction of sp³-hybridized carbons (Fsp3) is 0.571. The number of carbonyl (C=O) groups is 2. The number of rotatable bonds is 6. The van der Waals surface area contributed by atoms with Gasteiger partial charge in [0.2, 0.25) is 5.91 Å². The standard InChI is InChI=1S/C14H20N2O5S2/c1-10-5-6-13(22-10)23(20,21)16-8-3-4-11(16)14(19)15(2)9-7-12(17)18/h5-6,11H,3-4,7-9H2,1-2H3,(H,17,18). The van der Waals surface area contributed by atoms with E-state index in [1.807, 2.05) is 6.92 Å². The second-order valence-corrected chi connectivity index (χ2v) is 8.95. The molecule has 0 bridgehead atoms. The maximum atomic E-state index is 12.7. The van der Waals surface area contributed by atoms with E-state index in [1.54, 1.807) is 12.1 Å². The Morgan fingerprint density at radius 3 is 2.70 bits per heavy atom. The fourth-order valence-corrected chi connectivity index (χ4v) is 5.63. The third kappa shape index (κ3) is 3.91. The zero-order valence-electron chi connectivity index (χ0n) is 13.1. The Labute approximate surface area is 139 Å². The molecular formula is C14H20N2O5S2. The lowest BCUT2D eigenvalue weighted by molar-refractivity contribution is -0.138. The zero-order chi connectivity index (χ0) is 17.2. The smallest absolute Gasteiger partial charge is 0.305 e. The molecule has 9 heteroatoms. The summed E-state index contributed by atoms with van der Waals surface area (Å²) in [5, 5.41) is 8.70. The molecule has 1 amide bonds. The minimum Gasteiger partial charge on any atom is -0.481 e. The van der Waals surface area contributed by atoms with Gasteiger partial charge in [-0.2, -0.15) is 4.31 Å². The van der Waals surface area contributed by atoms with Crippen molar-refractivity contribution in [1.29, 1.82) is 0 Å². The molecule has 0 radical (unpaired) electrons. The van der Waals surface area contributed by atoms with Crippen molar-refractivity contribution in [2.45, 2.75) is 36.4 Å². The number of aliphatic carboxylic acids is 1. The Bertz CT molecular complexity index is 698. The van der Waals surface area contributed by atoms with Crippen LogP contribution in [0, 0.1) is 6.92 Å². The number of carboxylic acid groups (broad SMARTS) is 1. The van der Waals surface area contributed by atoms with E-state index >= 15 is 0 Å². The third-order valence-corrected chi connectivity index (χ3v) is 7.18. The van der Waals surface area contributed by atoms with Gasteiger partial charge in [-0.3, -0.25) is 9.59 Å². The topological polar surface area (TPSA) is 95.0 Å². The molecule has 1 atom stereocenters. The number of hydrogen-bond acceptors (Lipinski definition) is 5. The van der Waals surface area contributed by atoms with Gasteiger partial charge in [-0.25, -0.2) is 8.42 Å². The lowest BCUT2D eigenvalue weighted by atomic mass is 10.2. The number of carboxylic acids is 1. The highest BCUT2D eigenvalue weighted by Crippen LogP contribution is 2.30. The molecule has 1 N–H and O–H groups in total. The van der Waals surface area contributed by atoms with Crippen LogP contribution in [0.4, 0.5) is 0 Å². The highest BCUT2D eigenvalue weighted by molar-refractivity contribution is 7.91. The molecule has 1 aliphatic rings. The van der Waals surface area contributed by atoms with E-state index in [9.17, 15) is 18.0 Å². The summed E-state index contributed by atoms with van der Waals surface area (Å²) in [7, 11) is -2.19. The van der Waals surface area contributed by atoms with Crippen LogP contribution in [-0.2, 0) is 19.6 Å². The summed E-state index contributed by atoms with van der Waals surface area (Å²) in [4.78, 5) is 25.3. The van der Waals surface area contributed by atoms with Gasteiger partial charge in [0.15, 0.2) is 0 Å². The number of nitrogens with zero attached hydrogens (tertiary/aromatic N) is 2. The normalized spacial score (nSPS) is 19.0. The van der Waals surface area contributed by atoms with Gasteiger partial charge in [-0.15, -0.1) is 11.3 Å². The van der Waals surface area contributed by atoms with Crippen LogP contribution in [0.2, 0.25) is 0 Å². The Balaban J connectivity index is 2.16. The predicted octanol–water partition coefficient (Wildman–Crippen LogP) is 1.14. The van der Waals surface area contributed by atoms with Crippen molar-refractivity contribution in [3.8, 4) is 0 Å². The van der Waals surface area contributed by atoms with Gasteiger partial charge in [0.1, 0.15) is 10.3 Å². The van der Waals surface area contributed by atoms with E-state index in [-0.39, 0.29) is 23.1 Å². The number of amides is 1. The van der Waals surface area contributed by atoms with E-state index in [2.05, 4.69) is 0 Å². The first kappa shape index (κ1) is 17.9. The van der Waals surface area contributed by atoms with Crippen molar-refractivity contribution in [3.05, 3.63) is 17.0 Å². The van der Waals surface area contributed by atoms with Crippen molar-refractivity contribution < 1.29 is 23.1 Å². The van der Waals surface area contributed by atoms with Gasteiger partial charge in [-0.05, 0) is 31.9 Å². The third-order valence-electron chi connectivity index (χ3n) is 3.80. The molecule has 0 saturated carbocycles. The fourth-order valence-electron chi connectivity index (χ4n) is 2.57. The van der Waals surface area contributed by atoms with E-state index in [1.165, 1.54) is 27.6 Å². The van der Waals surface area contributed by atoms with Crippen LogP contribution in [-0.4, -0.2) is 60.8 Å². The van der Waals surface area contributed by atoms with Crippen LogP contribution in [0.5, 0.6) is 0 Å². The zero-order valence-corrected chi connectivity index (χ0v) is 14.7. The summed E-state index contributed by atoms with van der Waals surface area (Å²) in [6.45, 7) is 2.20. The molecule has 0 aromatic carbocycles. The van der Waals surface area contributed by atoms with Gasteiger partial charge in [0.25, 0.3) is 10.0 Å². The molecule has 2 heterocycles. The van der Waals surface area contributed by atoms with E-state index in [0.29, 0.717) is 19.4 Å². The summed E-state index contributed by atoms with van der Waals surface area (Å²) in [6.07, 6.45) is 0.915. The second-order valence-electron chi connectivity index (χ2n) is 5.54. The summed E-state index contributed by atoms with van der Waals surface area (Å²) < 4.78 is 26.9. The number of likely N-dealkylation sites (N-methyl/N-ethyl adjacent to an activating group) is 1. The van der Waals surface area contributed by atoms with Crippen molar-refractivity contribution >= 4 is 33.2 Å². The summed E-state index contributed by atoms with van der Waals surface area (Å²) in [5.74, 6) is -1.34. The van der Waals surface area contributed by atoms with Gasteiger partial charge in [0.05, 0.1) is 6.42 Å². The quantitative estimate of drug-likeness (QED) is 0.821. The lowest BCUT2D eigenvalue weighted by Crippen LogP contribution is -2.46. The van der Waals surface area contributed by atoms with Gasteiger partial charge in [0, 0.05) is 25.0 Å². The van der Waals surface area contributed by atoms with E-state index in [0.717, 1.165) is 4.88 Å². The Hall–Kier alpha value is -1.45. The largest absolute Gasteiger partial charge is 0.481 e. The molecule has 1 saturated heterocycles. The van der Waals surface area contributed by atoms with E-state index < -0.39 is 22.0 Å². The number of carbonyl (C=O) groups excluding carboxylic acids is 1. The molecule has 0 aliphatic carbocycles. The molecule has 128 valence electrons. The molecule has 0 spiro atoms. The summed E-state index contributed by atoms with van der Waals surface area (Å²) >= 11 is 1.19. The summed E-state index contributed by atoms with van der Waals surface area (Å²) in [6, 6.07) is 2.55. The van der Waals surface area contributed by atoms with Crippen molar-refractivity contribution in [3.63, 3.8) is 0 Å². The van der Waals surface area contributed by atoms with E-state index in [4.69, 9.17) is 5.11 Å². The van der Waals surface area contributed by atoms with Crippen LogP contribution < -0.4 is 0 Å². The van der Waals surface area contributed by atoms with Crippen molar-refractivity contribution in [2.24, 2.45) is 0 Å². The van der Waals surface area contributed by atoms with Crippen LogP contribution >= 0.6 is 11.3 Å². The van der Waals surface area contributed by atoms with Crippen molar-refractivity contribution in [2.75, 3.05) is 20.1 Å². The first-order chi connectivity index (χ1) is 10.7. The maximum absolute atomic E-state index is 12.7.